The van der Waals surface area contributed by atoms with Crippen molar-refractivity contribution >= 4 is 11.6 Å². The fourth-order valence-electron chi connectivity index (χ4n) is 3.10. The summed E-state index contributed by atoms with van der Waals surface area (Å²) >= 11 is 6.06. The topological polar surface area (TPSA) is 32.3 Å². The van der Waals surface area contributed by atoms with Crippen LogP contribution in [0.5, 0.6) is 5.75 Å². The van der Waals surface area contributed by atoms with E-state index in [9.17, 15) is 5.11 Å². The third kappa shape index (κ3) is 2.41. The minimum absolute atomic E-state index is 0.175. The van der Waals surface area contributed by atoms with Crippen LogP contribution in [0.2, 0.25) is 5.02 Å². The van der Waals surface area contributed by atoms with E-state index in [1.807, 2.05) is 25.2 Å². The van der Waals surface area contributed by atoms with Gasteiger partial charge in [0.25, 0.3) is 0 Å². The van der Waals surface area contributed by atoms with Crippen LogP contribution in [-0.4, -0.2) is 18.2 Å². The van der Waals surface area contributed by atoms with Crippen molar-refractivity contribution in [2.24, 2.45) is 0 Å². The van der Waals surface area contributed by atoms with E-state index in [1.165, 1.54) is 16.7 Å². The Morgan fingerprint density at radius 2 is 1.95 bits per heavy atom. The second-order valence-corrected chi connectivity index (χ2v) is 5.80. The second-order valence-electron chi connectivity index (χ2n) is 5.39. The van der Waals surface area contributed by atoms with Gasteiger partial charge in [0, 0.05) is 12.0 Å². The van der Waals surface area contributed by atoms with Gasteiger partial charge in [0.05, 0.1) is 5.02 Å². The number of nitrogens with one attached hydrogen (secondary N) is 1. The van der Waals surface area contributed by atoms with E-state index in [1.54, 1.807) is 0 Å². The van der Waals surface area contributed by atoms with Crippen LogP contribution in [-0.2, 0) is 6.42 Å². The molecule has 20 heavy (non-hydrogen) atoms. The lowest BCUT2D eigenvalue weighted by atomic mass is 9.76. The summed E-state index contributed by atoms with van der Waals surface area (Å²) in [5, 5.41) is 13.7. The molecule has 1 aliphatic carbocycles. The highest BCUT2D eigenvalue weighted by Gasteiger charge is 2.28. The molecule has 3 heteroatoms. The van der Waals surface area contributed by atoms with Crippen LogP contribution in [0.15, 0.2) is 42.5 Å². The first kappa shape index (κ1) is 13.5. The Bertz CT molecular complexity index is 612. The minimum atomic E-state index is 0.175. The third-order valence-electron chi connectivity index (χ3n) is 4.18. The van der Waals surface area contributed by atoms with E-state index in [2.05, 4.69) is 29.6 Å². The van der Waals surface area contributed by atoms with E-state index < -0.39 is 0 Å². The van der Waals surface area contributed by atoms with Crippen LogP contribution in [0.1, 0.15) is 29.0 Å². The number of phenolic OH excluding ortho intramolecular Hbond substituents is 1. The number of hydrogen-bond acceptors (Lipinski definition) is 2. The molecule has 2 aromatic rings. The normalized spacial score (nSPS) is 21.5. The molecule has 0 saturated carbocycles. The van der Waals surface area contributed by atoms with Gasteiger partial charge in [0.2, 0.25) is 0 Å². The number of aromatic hydroxyl groups is 1. The molecule has 0 radical (unpaired) electrons. The highest BCUT2D eigenvalue weighted by molar-refractivity contribution is 6.32. The molecule has 0 bridgehead atoms. The van der Waals surface area contributed by atoms with Gasteiger partial charge in [-0.3, -0.25) is 0 Å². The Balaban J connectivity index is 2.10. The van der Waals surface area contributed by atoms with Crippen LogP contribution in [0.4, 0.5) is 0 Å². The van der Waals surface area contributed by atoms with Gasteiger partial charge in [-0.25, -0.2) is 0 Å². The van der Waals surface area contributed by atoms with Gasteiger partial charge < -0.3 is 10.4 Å². The predicted octanol–water partition coefficient (Wildman–Crippen LogP) is 3.71. The van der Waals surface area contributed by atoms with Crippen molar-refractivity contribution in [2.75, 3.05) is 7.05 Å². The number of halogens is 1. The molecular formula is C17H18ClNO. The van der Waals surface area contributed by atoms with Crippen LogP contribution in [0, 0.1) is 0 Å². The molecule has 0 spiro atoms. The fraction of sp³-hybridized carbons (Fsp3) is 0.294. The molecule has 1 aliphatic rings. The molecule has 0 aromatic heterocycles. The van der Waals surface area contributed by atoms with Crippen molar-refractivity contribution in [1.29, 1.82) is 0 Å². The van der Waals surface area contributed by atoms with Gasteiger partial charge in [0.15, 0.2) is 0 Å². The molecule has 0 aliphatic heterocycles. The summed E-state index contributed by atoms with van der Waals surface area (Å²) in [5.74, 6) is 0.481. The zero-order valence-electron chi connectivity index (χ0n) is 11.4. The zero-order chi connectivity index (χ0) is 14.1. The van der Waals surface area contributed by atoms with Gasteiger partial charge in [-0.2, -0.15) is 0 Å². The molecule has 2 nitrogen and oxygen atoms in total. The monoisotopic (exact) mass is 287 g/mol. The van der Waals surface area contributed by atoms with Gasteiger partial charge >= 0.3 is 0 Å². The quantitative estimate of drug-likeness (QED) is 0.882. The predicted molar refractivity (Wildman–Crippen MR) is 82.6 cm³/mol. The number of fused-ring (bicyclic) bond motifs is 1. The van der Waals surface area contributed by atoms with Crippen molar-refractivity contribution < 1.29 is 5.11 Å². The molecule has 0 amide bonds. The first-order valence-electron chi connectivity index (χ1n) is 6.92. The van der Waals surface area contributed by atoms with E-state index >= 15 is 0 Å². The molecule has 2 atom stereocenters. The summed E-state index contributed by atoms with van der Waals surface area (Å²) in [6.45, 7) is 0. The standard InChI is InChI=1S/C17H18ClNO/c1-19-13-7-12-8-16(18)17(20)10-15(12)14(9-13)11-5-3-2-4-6-11/h2-6,8,10,13-14,19-20H,7,9H2,1H3/t13-,14-/m1/s1. The lowest BCUT2D eigenvalue weighted by Crippen LogP contribution is -2.33. The Hall–Kier alpha value is -1.51. The van der Waals surface area contributed by atoms with Crippen molar-refractivity contribution in [2.45, 2.75) is 24.8 Å². The summed E-state index contributed by atoms with van der Waals surface area (Å²) in [5.41, 5.74) is 3.72. The van der Waals surface area contributed by atoms with Crippen molar-refractivity contribution in [1.82, 2.24) is 5.32 Å². The SMILES string of the molecule is CN[C@@H]1Cc2cc(Cl)c(O)cc2[C@@H](c2ccccc2)C1. The van der Waals surface area contributed by atoms with Crippen LogP contribution in [0.3, 0.4) is 0 Å². The lowest BCUT2D eigenvalue weighted by molar-refractivity contribution is 0.452. The molecule has 2 aromatic carbocycles. The maximum absolute atomic E-state index is 9.92. The molecule has 0 fully saturated rings. The number of hydrogen-bond donors (Lipinski definition) is 2. The summed E-state index contributed by atoms with van der Waals surface area (Å²) in [7, 11) is 2.00. The first-order valence-corrected chi connectivity index (χ1v) is 7.30. The molecule has 0 unspecified atom stereocenters. The number of likely N-dealkylation sites (N-methyl/N-ethyl adjacent to an activating group) is 1. The largest absolute Gasteiger partial charge is 0.506 e. The maximum atomic E-state index is 9.92. The molecule has 0 heterocycles. The molecule has 104 valence electrons. The van der Waals surface area contributed by atoms with E-state index in [0.29, 0.717) is 17.0 Å². The number of phenols is 1. The van der Waals surface area contributed by atoms with Crippen LogP contribution < -0.4 is 5.32 Å². The van der Waals surface area contributed by atoms with Gasteiger partial charge in [-0.05, 0) is 48.7 Å². The highest BCUT2D eigenvalue weighted by Crippen LogP contribution is 2.40. The first-order chi connectivity index (χ1) is 9.69. The second kappa shape index (κ2) is 5.47. The minimum Gasteiger partial charge on any atom is -0.506 e. The summed E-state index contributed by atoms with van der Waals surface area (Å²) < 4.78 is 0. The number of benzene rings is 2. The van der Waals surface area contributed by atoms with Crippen LogP contribution in [0.25, 0.3) is 0 Å². The molecule has 3 rings (SSSR count). The average Bonchev–Trinajstić information content (AvgIpc) is 2.48. The van der Waals surface area contributed by atoms with Crippen molar-refractivity contribution in [3.8, 4) is 5.75 Å². The van der Waals surface area contributed by atoms with E-state index in [-0.39, 0.29) is 5.75 Å². The Morgan fingerprint density at radius 1 is 1.20 bits per heavy atom. The Labute approximate surface area is 124 Å². The van der Waals surface area contributed by atoms with Gasteiger partial charge in [-0.1, -0.05) is 41.9 Å². The lowest BCUT2D eigenvalue weighted by Gasteiger charge is -2.32. The molecular weight excluding hydrogens is 270 g/mol. The maximum Gasteiger partial charge on any atom is 0.134 e. The number of rotatable bonds is 2. The summed E-state index contributed by atoms with van der Waals surface area (Å²) in [6, 6.07) is 14.6. The molecule has 2 N–H and O–H groups in total. The highest BCUT2D eigenvalue weighted by atomic mass is 35.5. The summed E-state index contributed by atoms with van der Waals surface area (Å²) in [6.07, 6.45) is 1.99. The zero-order valence-corrected chi connectivity index (χ0v) is 12.2. The average molecular weight is 288 g/mol. The smallest absolute Gasteiger partial charge is 0.134 e. The fourth-order valence-corrected chi connectivity index (χ4v) is 3.29. The van der Waals surface area contributed by atoms with Crippen LogP contribution >= 0.6 is 11.6 Å². The van der Waals surface area contributed by atoms with Crippen molar-refractivity contribution in [3.05, 3.63) is 64.2 Å². The van der Waals surface area contributed by atoms with Gasteiger partial charge in [-0.15, -0.1) is 0 Å². The summed E-state index contributed by atoms with van der Waals surface area (Å²) in [4.78, 5) is 0. The Morgan fingerprint density at radius 3 is 2.65 bits per heavy atom. The van der Waals surface area contributed by atoms with E-state index in [4.69, 9.17) is 11.6 Å². The third-order valence-corrected chi connectivity index (χ3v) is 4.48. The van der Waals surface area contributed by atoms with Gasteiger partial charge in [0.1, 0.15) is 5.75 Å². The molecule has 0 saturated heterocycles. The van der Waals surface area contributed by atoms with Crippen molar-refractivity contribution in [3.63, 3.8) is 0 Å². The van der Waals surface area contributed by atoms with E-state index in [0.717, 1.165) is 12.8 Å². The Kier molecular flexibility index (Phi) is 3.68.